The van der Waals surface area contributed by atoms with E-state index in [1.807, 2.05) is 18.2 Å². The molecule has 130 valence electrons. The van der Waals surface area contributed by atoms with Crippen molar-refractivity contribution in [1.29, 1.82) is 0 Å². The third-order valence-electron chi connectivity index (χ3n) is 3.48. The Labute approximate surface area is 142 Å². The predicted octanol–water partition coefficient (Wildman–Crippen LogP) is 2.14. The number of benzene rings is 2. The fourth-order valence-electron chi connectivity index (χ4n) is 2.20. The summed E-state index contributed by atoms with van der Waals surface area (Å²) in [5.74, 6) is 0.0789. The molecule has 0 spiro atoms. The Morgan fingerprint density at radius 3 is 2.17 bits per heavy atom. The first-order chi connectivity index (χ1) is 11.1. The Morgan fingerprint density at radius 1 is 1.00 bits per heavy atom. The summed E-state index contributed by atoms with van der Waals surface area (Å²) in [6.45, 7) is 1.71. The highest BCUT2D eigenvalue weighted by atomic mass is 32.2. The van der Waals surface area contributed by atoms with Gasteiger partial charge in [0, 0.05) is 12.3 Å². The van der Waals surface area contributed by atoms with Gasteiger partial charge < -0.3 is 4.74 Å². The summed E-state index contributed by atoms with van der Waals surface area (Å²) >= 11 is 0. The van der Waals surface area contributed by atoms with Gasteiger partial charge >= 0.3 is 0 Å². The zero-order valence-electron chi connectivity index (χ0n) is 13.6. The van der Waals surface area contributed by atoms with Crippen molar-refractivity contribution < 1.29 is 21.6 Å². The molecular formula is C16H19NO5S2. The monoisotopic (exact) mass is 369 g/mol. The molecule has 0 amide bonds. The second-order valence-corrected chi connectivity index (χ2v) is 9.04. The molecule has 0 saturated carbocycles. The average Bonchev–Trinajstić information content (AvgIpc) is 2.53. The van der Waals surface area contributed by atoms with Crippen LogP contribution in [0.1, 0.15) is 18.5 Å². The zero-order chi connectivity index (χ0) is 18.0. The molecule has 2 rings (SSSR count). The molecule has 0 radical (unpaired) electrons. The van der Waals surface area contributed by atoms with Gasteiger partial charge in [-0.05, 0) is 30.7 Å². The molecular weight excluding hydrogens is 350 g/mol. The van der Waals surface area contributed by atoms with E-state index in [0.717, 1.165) is 17.9 Å². The van der Waals surface area contributed by atoms with Crippen LogP contribution >= 0.6 is 0 Å². The van der Waals surface area contributed by atoms with Crippen molar-refractivity contribution in [1.82, 2.24) is 4.72 Å². The summed E-state index contributed by atoms with van der Waals surface area (Å²) in [4.78, 5) is -0.299. The Morgan fingerprint density at radius 2 is 1.62 bits per heavy atom. The molecule has 0 aliphatic rings. The van der Waals surface area contributed by atoms with Crippen molar-refractivity contribution in [3.05, 3.63) is 54.1 Å². The van der Waals surface area contributed by atoms with E-state index in [9.17, 15) is 16.8 Å². The molecule has 2 aromatic carbocycles. The Kier molecular flexibility index (Phi) is 5.32. The first-order valence-electron chi connectivity index (χ1n) is 7.10. The largest absolute Gasteiger partial charge is 0.495 e. The Balaban J connectivity index is 2.45. The van der Waals surface area contributed by atoms with Crippen LogP contribution < -0.4 is 9.46 Å². The molecule has 1 N–H and O–H groups in total. The summed E-state index contributed by atoms with van der Waals surface area (Å²) in [5.41, 5.74) is 0.791. The van der Waals surface area contributed by atoms with E-state index in [4.69, 9.17) is 4.74 Å². The fourth-order valence-corrected chi connectivity index (χ4v) is 4.35. The van der Waals surface area contributed by atoms with E-state index in [0.29, 0.717) is 0 Å². The minimum absolute atomic E-state index is 0.0789. The van der Waals surface area contributed by atoms with Crippen LogP contribution in [-0.2, 0) is 19.9 Å². The van der Waals surface area contributed by atoms with Crippen molar-refractivity contribution >= 4 is 19.9 Å². The van der Waals surface area contributed by atoms with Gasteiger partial charge in [-0.2, -0.15) is 0 Å². The normalized spacial score (nSPS) is 13.5. The highest BCUT2D eigenvalue weighted by molar-refractivity contribution is 7.91. The maximum Gasteiger partial charge on any atom is 0.244 e. The van der Waals surface area contributed by atoms with Gasteiger partial charge in [-0.15, -0.1) is 0 Å². The SMILES string of the molecule is COc1ccc(S(C)(=O)=O)cc1S(=O)(=O)NC(C)c1ccccc1. The van der Waals surface area contributed by atoms with Crippen LogP contribution in [0.5, 0.6) is 5.75 Å². The molecule has 24 heavy (non-hydrogen) atoms. The van der Waals surface area contributed by atoms with Crippen LogP contribution in [-0.4, -0.2) is 30.2 Å². The summed E-state index contributed by atoms with van der Waals surface area (Å²) in [7, 11) is -6.18. The number of nitrogens with one attached hydrogen (secondary N) is 1. The van der Waals surface area contributed by atoms with Gasteiger partial charge in [-0.3, -0.25) is 0 Å². The molecule has 0 heterocycles. The van der Waals surface area contributed by atoms with Gasteiger partial charge in [0.15, 0.2) is 9.84 Å². The van der Waals surface area contributed by atoms with Crippen LogP contribution in [0.15, 0.2) is 58.3 Å². The first kappa shape index (κ1) is 18.4. The van der Waals surface area contributed by atoms with Gasteiger partial charge in [-0.1, -0.05) is 30.3 Å². The molecule has 0 aliphatic carbocycles. The Hall–Kier alpha value is -1.90. The van der Waals surface area contributed by atoms with E-state index in [-0.39, 0.29) is 15.5 Å². The molecule has 0 aliphatic heterocycles. The van der Waals surface area contributed by atoms with E-state index >= 15 is 0 Å². The van der Waals surface area contributed by atoms with E-state index in [1.165, 1.54) is 19.2 Å². The lowest BCUT2D eigenvalue weighted by Crippen LogP contribution is -2.27. The first-order valence-corrected chi connectivity index (χ1v) is 10.5. The van der Waals surface area contributed by atoms with Gasteiger partial charge in [0.1, 0.15) is 10.6 Å². The fraction of sp³-hybridized carbons (Fsp3) is 0.250. The van der Waals surface area contributed by atoms with Crippen molar-refractivity contribution in [2.24, 2.45) is 0 Å². The third kappa shape index (κ3) is 4.14. The maximum atomic E-state index is 12.7. The summed E-state index contributed by atoms with van der Waals surface area (Å²) in [6, 6.07) is 12.3. The minimum atomic E-state index is -3.97. The molecule has 0 bridgehead atoms. The lowest BCUT2D eigenvalue weighted by molar-refractivity contribution is 0.401. The van der Waals surface area contributed by atoms with Crippen molar-refractivity contribution in [2.45, 2.75) is 22.8 Å². The number of methoxy groups -OCH3 is 1. The number of hydrogen-bond donors (Lipinski definition) is 1. The van der Waals surface area contributed by atoms with E-state index < -0.39 is 25.9 Å². The Bertz CT molecular complexity index is 922. The summed E-state index contributed by atoms with van der Waals surface area (Å²) < 4.78 is 56.4. The summed E-state index contributed by atoms with van der Waals surface area (Å²) in [5, 5.41) is 0. The van der Waals surface area contributed by atoms with Crippen molar-refractivity contribution in [2.75, 3.05) is 13.4 Å². The van der Waals surface area contributed by atoms with E-state index in [2.05, 4.69) is 4.72 Å². The second kappa shape index (κ2) is 6.92. The molecule has 2 aromatic rings. The van der Waals surface area contributed by atoms with Crippen molar-refractivity contribution in [3.8, 4) is 5.75 Å². The van der Waals surface area contributed by atoms with Gasteiger partial charge in [0.05, 0.1) is 12.0 Å². The topological polar surface area (TPSA) is 89.5 Å². The lowest BCUT2D eigenvalue weighted by atomic mass is 10.1. The average molecular weight is 369 g/mol. The standard InChI is InChI=1S/C16H19NO5S2/c1-12(13-7-5-4-6-8-13)17-24(20,21)16-11-14(23(3,18)19)9-10-15(16)22-2/h4-12,17H,1-3H3. The molecule has 0 fully saturated rings. The molecule has 1 unspecified atom stereocenters. The van der Waals surface area contributed by atoms with Crippen LogP contribution in [0, 0.1) is 0 Å². The highest BCUT2D eigenvalue weighted by Crippen LogP contribution is 2.28. The number of hydrogen-bond acceptors (Lipinski definition) is 5. The number of sulfonamides is 1. The smallest absolute Gasteiger partial charge is 0.244 e. The highest BCUT2D eigenvalue weighted by Gasteiger charge is 2.24. The lowest BCUT2D eigenvalue weighted by Gasteiger charge is -2.16. The molecule has 0 aromatic heterocycles. The molecule has 6 nitrogen and oxygen atoms in total. The number of rotatable bonds is 6. The van der Waals surface area contributed by atoms with Crippen LogP contribution in [0.4, 0.5) is 0 Å². The van der Waals surface area contributed by atoms with Gasteiger partial charge in [-0.25, -0.2) is 21.6 Å². The number of sulfone groups is 1. The quantitative estimate of drug-likeness (QED) is 0.843. The maximum absolute atomic E-state index is 12.7. The van der Waals surface area contributed by atoms with Crippen LogP contribution in [0.2, 0.25) is 0 Å². The van der Waals surface area contributed by atoms with Gasteiger partial charge in [0.2, 0.25) is 10.0 Å². The summed E-state index contributed by atoms with van der Waals surface area (Å²) in [6.07, 6.45) is 1.02. The van der Waals surface area contributed by atoms with Crippen LogP contribution in [0.25, 0.3) is 0 Å². The molecule has 1 atom stereocenters. The molecule has 8 heteroatoms. The minimum Gasteiger partial charge on any atom is -0.495 e. The van der Waals surface area contributed by atoms with Crippen LogP contribution in [0.3, 0.4) is 0 Å². The second-order valence-electron chi connectivity index (χ2n) is 5.34. The van der Waals surface area contributed by atoms with E-state index in [1.54, 1.807) is 19.1 Å². The van der Waals surface area contributed by atoms with Crippen molar-refractivity contribution in [3.63, 3.8) is 0 Å². The number of ether oxygens (including phenoxy) is 1. The zero-order valence-corrected chi connectivity index (χ0v) is 15.2. The third-order valence-corrected chi connectivity index (χ3v) is 6.16. The van der Waals surface area contributed by atoms with Gasteiger partial charge in [0.25, 0.3) is 0 Å². The molecule has 0 saturated heterocycles. The predicted molar refractivity (Wildman–Crippen MR) is 91.3 cm³/mol.